The van der Waals surface area contributed by atoms with Crippen molar-refractivity contribution < 1.29 is 23.1 Å². The van der Waals surface area contributed by atoms with E-state index in [-0.39, 0.29) is 17.3 Å². The number of aromatic nitrogens is 3. The molecule has 0 aliphatic heterocycles. The van der Waals surface area contributed by atoms with Crippen molar-refractivity contribution in [2.75, 3.05) is 10.6 Å². The number of hydrogen-bond donors (Lipinski definition) is 2. The molecular formula is C25H21F2N5O3. The van der Waals surface area contributed by atoms with Gasteiger partial charge >= 0.3 is 0 Å². The van der Waals surface area contributed by atoms with Crippen LogP contribution in [0.4, 0.5) is 20.2 Å². The molecule has 2 heterocycles. The van der Waals surface area contributed by atoms with Crippen LogP contribution in [0.5, 0.6) is 11.6 Å². The smallest absolute Gasteiger partial charge is 0.247 e. The number of fused-ring (bicyclic) bond motifs is 1. The zero-order valence-electron chi connectivity index (χ0n) is 18.7. The monoisotopic (exact) mass is 477 g/mol. The maximum atomic E-state index is 14.7. The maximum absolute atomic E-state index is 14.7. The Labute approximate surface area is 199 Å². The summed E-state index contributed by atoms with van der Waals surface area (Å²) in [5.74, 6) is -2.33. The molecule has 0 unspecified atom stereocenters. The average molecular weight is 477 g/mol. The van der Waals surface area contributed by atoms with Crippen LogP contribution in [0, 0.1) is 11.6 Å². The molecule has 2 N–H and O–H groups in total. The van der Waals surface area contributed by atoms with Gasteiger partial charge in [0, 0.05) is 29.2 Å². The highest BCUT2D eigenvalue weighted by molar-refractivity contribution is 6.08. The highest BCUT2D eigenvalue weighted by atomic mass is 19.1. The Bertz CT molecular complexity index is 1400. The highest BCUT2D eigenvalue weighted by Gasteiger charge is 2.15. The number of ether oxygens (including phenoxy) is 1. The standard InChI is InChI=1S/C25H21F2N5O3/c1-2-3-4-16-11-12-32-24(16)25(28-15-29-32)35-21-10-9-19(13-20(21)27)31-23(34)14-22(33)30-18-7-5-17(26)6-8-18/h3-13,15H,2,14H2,1H3,(H,30,33)(H,31,34)/b4-3+. The van der Waals surface area contributed by atoms with Gasteiger partial charge in [-0.15, -0.1) is 0 Å². The predicted molar refractivity (Wildman–Crippen MR) is 127 cm³/mol. The Hall–Kier alpha value is -4.60. The molecule has 0 bridgehead atoms. The molecule has 0 aliphatic rings. The number of nitrogens with zero attached hydrogens (tertiary/aromatic N) is 3. The Morgan fingerprint density at radius 1 is 1.03 bits per heavy atom. The van der Waals surface area contributed by atoms with E-state index in [1.54, 1.807) is 10.7 Å². The predicted octanol–water partition coefficient (Wildman–Crippen LogP) is 5.19. The number of benzene rings is 2. The first kappa shape index (κ1) is 23.6. The van der Waals surface area contributed by atoms with Gasteiger partial charge in [-0.25, -0.2) is 13.3 Å². The normalized spacial score (nSPS) is 11.1. The molecule has 0 aliphatic carbocycles. The van der Waals surface area contributed by atoms with Crippen LogP contribution < -0.4 is 15.4 Å². The second kappa shape index (κ2) is 10.6. The van der Waals surface area contributed by atoms with E-state index in [9.17, 15) is 18.4 Å². The minimum atomic E-state index is -0.729. The first-order valence-electron chi connectivity index (χ1n) is 10.7. The molecule has 35 heavy (non-hydrogen) atoms. The molecule has 8 nitrogen and oxygen atoms in total. The molecule has 4 rings (SSSR count). The van der Waals surface area contributed by atoms with Crippen molar-refractivity contribution >= 4 is 34.8 Å². The van der Waals surface area contributed by atoms with E-state index in [1.807, 2.05) is 25.1 Å². The van der Waals surface area contributed by atoms with Crippen LogP contribution >= 0.6 is 0 Å². The molecule has 0 spiro atoms. The number of halogens is 2. The van der Waals surface area contributed by atoms with Crippen molar-refractivity contribution in [3.05, 3.63) is 84.3 Å². The van der Waals surface area contributed by atoms with Gasteiger partial charge in [0.25, 0.3) is 0 Å². The lowest BCUT2D eigenvalue weighted by Crippen LogP contribution is -2.21. The third-order valence-electron chi connectivity index (χ3n) is 4.86. The molecule has 2 aromatic heterocycles. The number of nitrogens with one attached hydrogen (secondary N) is 2. The fourth-order valence-electron chi connectivity index (χ4n) is 3.26. The number of anilines is 2. The lowest BCUT2D eigenvalue weighted by Gasteiger charge is -2.10. The topological polar surface area (TPSA) is 97.6 Å². The molecular weight excluding hydrogens is 456 g/mol. The largest absolute Gasteiger partial charge is 0.434 e. The fraction of sp³-hybridized carbons (Fsp3) is 0.120. The van der Waals surface area contributed by atoms with Gasteiger partial charge in [-0.1, -0.05) is 19.1 Å². The molecule has 2 amide bonds. The fourth-order valence-corrected chi connectivity index (χ4v) is 3.26. The van der Waals surface area contributed by atoms with Crippen LogP contribution in [-0.4, -0.2) is 26.4 Å². The number of amides is 2. The van der Waals surface area contributed by atoms with Crippen molar-refractivity contribution in [1.82, 2.24) is 14.6 Å². The number of hydrogen-bond acceptors (Lipinski definition) is 5. The minimum absolute atomic E-state index is 0.0933. The van der Waals surface area contributed by atoms with Gasteiger partial charge in [-0.3, -0.25) is 9.59 Å². The molecule has 10 heteroatoms. The first-order valence-corrected chi connectivity index (χ1v) is 10.7. The van der Waals surface area contributed by atoms with E-state index in [2.05, 4.69) is 20.7 Å². The molecule has 178 valence electrons. The van der Waals surface area contributed by atoms with Crippen molar-refractivity contribution in [3.63, 3.8) is 0 Å². The number of allylic oxidation sites excluding steroid dienone is 1. The van der Waals surface area contributed by atoms with Crippen LogP contribution in [0.1, 0.15) is 25.3 Å². The lowest BCUT2D eigenvalue weighted by atomic mass is 10.2. The SMILES string of the molecule is CC/C=C/c1ccn2ncnc(Oc3ccc(NC(=O)CC(=O)Nc4ccc(F)cc4)cc3F)c12. The summed E-state index contributed by atoms with van der Waals surface area (Å²) in [4.78, 5) is 28.3. The average Bonchev–Trinajstić information content (AvgIpc) is 3.25. The molecule has 0 saturated heterocycles. The van der Waals surface area contributed by atoms with Crippen LogP contribution in [0.15, 0.2) is 67.1 Å². The van der Waals surface area contributed by atoms with Crippen LogP contribution in [-0.2, 0) is 9.59 Å². The molecule has 4 aromatic rings. The van der Waals surface area contributed by atoms with E-state index >= 15 is 0 Å². The van der Waals surface area contributed by atoms with Crippen molar-refractivity contribution in [1.29, 1.82) is 0 Å². The summed E-state index contributed by atoms with van der Waals surface area (Å²) < 4.78 is 35.0. The summed E-state index contributed by atoms with van der Waals surface area (Å²) in [5, 5.41) is 9.08. The Kier molecular flexibility index (Phi) is 7.10. The third kappa shape index (κ3) is 5.85. The van der Waals surface area contributed by atoms with Gasteiger partial charge in [0.2, 0.25) is 17.7 Å². The lowest BCUT2D eigenvalue weighted by molar-refractivity contribution is -0.123. The van der Waals surface area contributed by atoms with Gasteiger partial charge in [-0.05, 0) is 48.9 Å². The Morgan fingerprint density at radius 3 is 2.46 bits per heavy atom. The van der Waals surface area contributed by atoms with Gasteiger partial charge in [0.1, 0.15) is 24.1 Å². The molecule has 0 radical (unpaired) electrons. The van der Waals surface area contributed by atoms with Crippen LogP contribution in [0.2, 0.25) is 0 Å². The summed E-state index contributed by atoms with van der Waals surface area (Å²) in [7, 11) is 0. The first-order chi connectivity index (χ1) is 16.9. The second-order valence-electron chi connectivity index (χ2n) is 7.47. The Balaban J connectivity index is 1.42. The summed E-state index contributed by atoms with van der Waals surface area (Å²) in [6.07, 6.45) is 7.28. The van der Waals surface area contributed by atoms with Crippen LogP contribution in [0.25, 0.3) is 11.6 Å². The van der Waals surface area contributed by atoms with E-state index in [0.717, 1.165) is 18.1 Å². The number of rotatable bonds is 8. The van der Waals surface area contributed by atoms with Gasteiger partial charge < -0.3 is 15.4 Å². The summed E-state index contributed by atoms with van der Waals surface area (Å²) in [6.45, 7) is 2.01. The second-order valence-corrected chi connectivity index (χ2v) is 7.47. The molecule has 0 atom stereocenters. The van der Waals surface area contributed by atoms with Gasteiger partial charge in [0.05, 0.1) is 0 Å². The third-order valence-corrected chi connectivity index (χ3v) is 4.86. The molecule has 0 fully saturated rings. The van der Waals surface area contributed by atoms with Crippen LogP contribution in [0.3, 0.4) is 0 Å². The minimum Gasteiger partial charge on any atom is -0.434 e. The van der Waals surface area contributed by atoms with Gasteiger partial charge in [0.15, 0.2) is 11.6 Å². The Morgan fingerprint density at radius 2 is 1.74 bits per heavy atom. The zero-order valence-corrected chi connectivity index (χ0v) is 18.7. The highest BCUT2D eigenvalue weighted by Crippen LogP contribution is 2.30. The summed E-state index contributed by atoms with van der Waals surface area (Å²) >= 11 is 0. The van der Waals surface area contributed by atoms with E-state index in [4.69, 9.17) is 4.74 Å². The molecule has 2 aromatic carbocycles. The van der Waals surface area contributed by atoms with E-state index < -0.39 is 29.9 Å². The number of carbonyl (C=O) groups is 2. The molecule has 0 saturated carbocycles. The van der Waals surface area contributed by atoms with Crippen molar-refractivity contribution in [2.45, 2.75) is 19.8 Å². The summed E-state index contributed by atoms with van der Waals surface area (Å²) in [5.41, 5.74) is 1.91. The quantitative estimate of drug-likeness (QED) is 0.341. The summed E-state index contributed by atoms with van der Waals surface area (Å²) in [6, 6.07) is 10.9. The van der Waals surface area contributed by atoms with Gasteiger partial charge in [-0.2, -0.15) is 10.1 Å². The van der Waals surface area contributed by atoms with E-state index in [1.165, 1.54) is 42.7 Å². The maximum Gasteiger partial charge on any atom is 0.247 e. The van der Waals surface area contributed by atoms with E-state index in [0.29, 0.717) is 11.2 Å². The number of carbonyl (C=O) groups excluding carboxylic acids is 2. The van der Waals surface area contributed by atoms with Crippen molar-refractivity contribution in [2.24, 2.45) is 0 Å². The zero-order chi connectivity index (χ0) is 24.8. The van der Waals surface area contributed by atoms with Crippen molar-refractivity contribution in [3.8, 4) is 11.6 Å².